The van der Waals surface area contributed by atoms with Crippen LogP contribution in [0, 0.1) is 0 Å². The highest BCUT2D eigenvalue weighted by atomic mass is 32.2. The Morgan fingerprint density at radius 2 is 1.85 bits per heavy atom. The van der Waals surface area contributed by atoms with Crippen molar-refractivity contribution in [1.29, 1.82) is 0 Å². The second-order valence-corrected chi connectivity index (χ2v) is 6.28. The largest absolute Gasteiger partial charge is 0.358 e. The maximum atomic E-state index is 3.56. The predicted molar refractivity (Wildman–Crippen MR) is 84.3 cm³/mol. The first kappa shape index (κ1) is 12.1. The number of aromatic nitrogens is 1. The van der Waals surface area contributed by atoms with Gasteiger partial charge in [0.15, 0.2) is 0 Å². The maximum absolute atomic E-state index is 3.56. The summed E-state index contributed by atoms with van der Waals surface area (Å²) >= 11 is 1.82. The van der Waals surface area contributed by atoms with Gasteiger partial charge in [0.1, 0.15) is 0 Å². The summed E-state index contributed by atoms with van der Waals surface area (Å²) in [5.74, 6) is 0. The van der Waals surface area contributed by atoms with E-state index in [2.05, 4.69) is 58.8 Å². The van der Waals surface area contributed by atoms with E-state index in [9.17, 15) is 0 Å². The van der Waals surface area contributed by atoms with E-state index in [0.717, 1.165) is 19.5 Å². The Balaban J connectivity index is 1.74. The van der Waals surface area contributed by atoms with Crippen molar-refractivity contribution in [2.45, 2.75) is 22.8 Å². The molecule has 0 aliphatic carbocycles. The molecular weight excluding hydrogens is 264 g/mol. The molecule has 0 bridgehead atoms. The second kappa shape index (κ2) is 5.00. The van der Waals surface area contributed by atoms with Crippen LogP contribution < -0.4 is 5.32 Å². The Labute approximate surface area is 122 Å². The van der Waals surface area contributed by atoms with Crippen LogP contribution in [0.1, 0.15) is 11.3 Å². The zero-order chi connectivity index (χ0) is 13.4. The predicted octanol–water partition coefficient (Wildman–Crippen LogP) is 3.96. The molecule has 3 aromatic rings. The Hall–Kier alpha value is -1.71. The fourth-order valence-electron chi connectivity index (χ4n) is 2.81. The van der Waals surface area contributed by atoms with Crippen LogP contribution in [0.25, 0.3) is 10.9 Å². The Kier molecular flexibility index (Phi) is 3.02. The lowest BCUT2D eigenvalue weighted by Crippen LogP contribution is -2.22. The molecule has 0 radical (unpaired) electrons. The van der Waals surface area contributed by atoms with Crippen LogP contribution in [0.3, 0.4) is 0 Å². The minimum atomic E-state index is 0.981. The molecule has 100 valence electrons. The molecule has 0 spiro atoms. The van der Waals surface area contributed by atoms with Crippen LogP contribution in [0.5, 0.6) is 0 Å². The maximum Gasteiger partial charge on any atom is 0.0460 e. The average Bonchev–Trinajstić information content (AvgIpc) is 2.86. The van der Waals surface area contributed by atoms with E-state index >= 15 is 0 Å². The third-order valence-electron chi connectivity index (χ3n) is 3.80. The number of rotatable bonds is 2. The summed E-state index contributed by atoms with van der Waals surface area (Å²) in [7, 11) is 0. The van der Waals surface area contributed by atoms with Crippen LogP contribution in [-0.4, -0.2) is 11.5 Å². The lowest BCUT2D eigenvalue weighted by atomic mass is 10.1. The molecule has 1 aliphatic rings. The fourth-order valence-corrected chi connectivity index (χ4v) is 3.69. The van der Waals surface area contributed by atoms with E-state index in [4.69, 9.17) is 0 Å². The molecule has 3 heteroatoms. The Bertz CT molecular complexity index is 746. The molecule has 2 heterocycles. The van der Waals surface area contributed by atoms with E-state index in [1.807, 2.05) is 11.8 Å². The van der Waals surface area contributed by atoms with Crippen molar-refractivity contribution < 1.29 is 0 Å². The molecule has 20 heavy (non-hydrogen) atoms. The highest BCUT2D eigenvalue weighted by Crippen LogP contribution is 2.32. The molecule has 0 saturated heterocycles. The molecular formula is C17H16N2S. The Morgan fingerprint density at radius 3 is 2.75 bits per heavy atom. The number of benzene rings is 2. The summed E-state index contributed by atoms with van der Waals surface area (Å²) < 4.78 is 0. The lowest BCUT2D eigenvalue weighted by Gasteiger charge is -2.12. The first-order chi connectivity index (χ1) is 9.90. The molecule has 4 rings (SSSR count). The van der Waals surface area contributed by atoms with Crippen LogP contribution >= 0.6 is 11.8 Å². The van der Waals surface area contributed by atoms with Gasteiger partial charge in [-0.2, -0.15) is 0 Å². The van der Waals surface area contributed by atoms with Gasteiger partial charge < -0.3 is 10.3 Å². The van der Waals surface area contributed by atoms with Gasteiger partial charge in [0.25, 0.3) is 0 Å². The van der Waals surface area contributed by atoms with E-state index in [0.29, 0.717) is 0 Å². The first-order valence-electron chi connectivity index (χ1n) is 6.97. The Morgan fingerprint density at radius 1 is 0.950 bits per heavy atom. The number of hydrogen-bond acceptors (Lipinski definition) is 2. The molecule has 0 saturated carbocycles. The van der Waals surface area contributed by atoms with E-state index in [-0.39, 0.29) is 0 Å². The molecule has 2 aromatic carbocycles. The van der Waals surface area contributed by atoms with E-state index in [1.165, 1.54) is 32.0 Å². The molecule has 2 N–H and O–H groups in total. The van der Waals surface area contributed by atoms with Crippen molar-refractivity contribution in [3.05, 3.63) is 59.8 Å². The number of fused-ring (bicyclic) bond motifs is 3. The van der Waals surface area contributed by atoms with Gasteiger partial charge in [-0.15, -0.1) is 0 Å². The number of aromatic amines is 1. The molecule has 0 atom stereocenters. The van der Waals surface area contributed by atoms with Gasteiger partial charge in [-0.3, -0.25) is 0 Å². The topological polar surface area (TPSA) is 27.8 Å². The van der Waals surface area contributed by atoms with Gasteiger partial charge in [-0.05, 0) is 35.9 Å². The number of H-pyrrole nitrogens is 1. The fraction of sp³-hybridized carbons (Fsp3) is 0.176. The van der Waals surface area contributed by atoms with Gasteiger partial charge in [0.05, 0.1) is 0 Å². The van der Waals surface area contributed by atoms with Crippen molar-refractivity contribution in [2.75, 3.05) is 6.54 Å². The minimum Gasteiger partial charge on any atom is -0.358 e. The summed E-state index contributed by atoms with van der Waals surface area (Å²) in [5.41, 5.74) is 4.11. The van der Waals surface area contributed by atoms with Crippen molar-refractivity contribution in [2.24, 2.45) is 0 Å². The van der Waals surface area contributed by atoms with Crippen molar-refractivity contribution in [3.63, 3.8) is 0 Å². The third kappa shape index (κ3) is 2.13. The summed E-state index contributed by atoms with van der Waals surface area (Å²) in [5, 5.41) is 4.83. The SMILES string of the molecule is c1ccc(Sc2ccc3[nH]c4c(c3c2)CNCC4)cc1. The van der Waals surface area contributed by atoms with Gasteiger partial charge in [-0.25, -0.2) is 0 Å². The molecule has 0 unspecified atom stereocenters. The second-order valence-electron chi connectivity index (χ2n) is 5.13. The summed E-state index contributed by atoms with van der Waals surface area (Å²) in [6.45, 7) is 2.06. The number of hydrogen-bond donors (Lipinski definition) is 2. The molecule has 1 aliphatic heterocycles. The zero-order valence-electron chi connectivity index (χ0n) is 11.1. The van der Waals surface area contributed by atoms with Gasteiger partial charge in [0.2, 0.25) is 0 Å². The highest BCUT2D eigenvalue weighted by Gasteiger charge is 2.15. The summed E-state index contributed by atoms with van der Waals surface area (Å²) in [4.78, 5) is 6.15. The van der Waals surface area contributed by atoms with Gasteiger partial charge in [0, 0.05) is 45.9 Å². The van der Waals surface area contributed by atoms with Crippen molar-refractivity contribution >= 4 is 22.7 Å². The van der Waals surface area contributed by atoms with E-state index in [1.54, 1.807) is 0 Å². The monoisotopic (exact) mass is 280 g/mol. The lowest BCUT2D eigenvalue weighted by molar-refractivity contribution is 0.641. The van der Waals surface area contributed by atoms with Crippen molar-refractivity contribution in [3.8, 4) is 0 Å². The first-order valence-corrected chi connectivity index (χ1v) is 7.79. The smallest absolute Gasteiger partial charge is 0.0460 e. The summed E-state index contributed by atoms with van der Waals surface area (Å²) in [6.07, 6.45) is 1.10. The third-order valence-corrected chi connectivity index (χ3v) is 4.80. The highest BCUT2D eigenvalue weighted by molar-refractivity contribution is 7.99. The van der Waals surface area contributed by atoms with Gasteiger partial charge in [-0.1, -0.05) is 30.0 Å². The van der Waals surface area contributed by atoms with Crippen LogP contribution in [0.2, 0.25) is 0 Å². The molecule has 0 fully saturated rings. The number of nitrogens with one attached hydrogen (secondary N) is 2. The normalized spacial score (nSPS) is 14.4. The standard InChI is InChI=1S/C17H16N2S/c1-2-4-12(5-3-1)20-13-6-7-16-14(10-13)15-11-18-9-8-17(15)19-16/h1-7,10,18-19H,8-9,11H2. The molecule has 1 aromatic heterocycles. The van der Waals surface area contributed by atoms with Crippen LogP contribution in [-0.2, 0) is 13.0 Å². The molecule has 2 nitrogen and oxygen atoms in total. The van der Waals surface area contributed by atoms with Gasteiger partial charge >= 0.3 is 0 Å². The van der Waals surface area contributed by atoms with Crippen LogP contribution in [0.15, 0.2) is 58.3 Å². The average molecular weight is 280 g/mol. The minimum absolute atomic E-state index is 0.981. The van der Waals surface area contributed by atoms with E-state index < -0.39 is 0 Å². The molecule has 0 amide bonds. The zero-order valence-corrected chi connectivity index (χ0v) is 12.0. The van der Waals surface area contributed by atoms with Crippen LogP contribution in [0.4, 0.5) is 0 Å². The summed E-state index contributed by atoms with van der Waals surface area (Å²) in [6, 6.07) is 17.3. The van der Waals surface area contributed by atoms with Crippen molar-refractivity contribution in [1.82, 2.24) is 10.3 Å². The quantitative estimate of drug-likeness (QED) is 0.743.